The highest BCUT2D eigenvalue weighted by atomic mass is 16.3. The van der Waals surface area contributed by atoms with E-state index in [1.807, 2.05) is 20.8 Å². The Hall–Kier alpha value is -2.04. The van der Waals surface area contributed by atoms with Gasteiger partial charge in [-0.1, -0.05) is 19.9 Å². The van der Waals surface area contributed by atoms with Crippen molar-refractivity contribution in [1.82, 2.24) is 9.80 Å². The minimum atomic E-state index is -0.326. The van der Waals surface area contributed by atoms with Gasteiger partial charge in [-0.05, 0) is 30.5 Å². The predicted octanol–water partition coefficient (Wildman–Crippen LogP) is 2.07. The van der Waals surface area contributed by atoms with Crippen LogP contribution in [-0.2, 0) is 4.79 Å². The fraction of sp³-hybridized carbons (Fsp3) is 0.500. The summed E-state index contributed by atoms with van der Waals surface area (Å²) in [7, 11) is 3.30. The number of likely N-dealkylation sites (N-methyl/N-ethyl adjacent to an activating group) is 2. The van der Waals surface area contributed by atoms with Crippen LogP contribution < -0.4 is 0 Å². The summed E-state index contributed by atoms with van der Waals surface area (Å²) >= 11 is 0. The maximum atomic E-state index is 12.5. The molecule has 5 nitrogen and oxygen atoms in total. The fourth-order valence-corrected chi connectivity index (χ4v) is 1.89. The topological polar surface area (TPSA) is 60.9 Å². The van der Waals surface area contributed by atoms with Gasteiger partial charge in [-0.25, -0.2) is 0 Å². The first-order chi connectivity index (χ1) is 9.77. The number of phenols is 1. The first-order valence-electron chi connectivity index (χ1n) is 7.10. The Morgan fingerprint density at radius 1 is 1.24 bits per heavy atom. The van der Waals surface area contributed by atoms with E-state index in [-0.39, 0.29) is 35.6 Å². The Morgan fingerprint density at radius 2 is 1.86 bits per heavy atom. The molecular weight excluding hydrogens is 268 g/mol. The zero-order valence-corrected chi connectivity index (χ0v) is 13.4. The van der Waals surface area contributed by atoms with E-state index in [2.05, 4.69) is 0 Å². The number of carbonyl (C=O) groups excluding carboxylic acids is 2. The van der Waals surface area contributed by atoms with Crippen molar-refractivity contribution in [3.8, 4) is 5.75 Å². The standard InChI is InChI=1S/C16H24N2O3/c1-6-18(10-15(20)17(4)5)16(21)13-9-12(11(2)3)7-8-14(13)19/h7-9,11,19H,6,10H2,1-5H3. The van der Waals surface area contributed by atoms with Gasteiger partial charge in [-0.3, -0.25) is 9.59 Å². The van der Waals surface area contributed by atoms with E-state index in [1.165, 1.54) is 15.9 Å². The summed E-state index contributed by atoms with van der Waals surface area (Å²) in [5.41, 5.74) is 1.22. The second-order valence-corrected chi connectivity index (χ2v) is 5.54. The van der Waals surface area contributed by atoms with Crippen molar-refractivity contribution >= 4 is 11.8 Å². The Morgan fingerprint density at radius 3 is 2.33 bits per heavy atom. The zero-order chi connectivity index (χ0) is 16.2. The third-order valence-electron chi connectivity index (χ3n) is 3.41. The molecule has 5 heteroatoms. The molecule has 0 atom stereocenters. The molecule has 0 spiro atoms. The smallest absolute Gasteiger partial charge is 0.258 e. The normalized spacial score (nSPS) is 10.6. The van der Waals surface area contributed by atoms with Crippen molar-refractivity contribution < 1.29 is 14.7 Å². The van der Waals surface area contributed by atoms with Crippen LogP contribution in [0.1, 0.15) is 42.6 Å². The highest BCUT2D eigenvalue weighted by molar-refractivity contribution is 5.98. The second kappa shape index (κ2) is 7.11. The maximum Gasteiger partial charge on any atom is 0.258 e. The Labute approximate surface area is 126 Å². The molecule has 0 saturated heterocycles. The van der Waals surface area contributed by atoms with Crippen LogP contribution in [0.4, 0.5) is 0 Å². The molecule has 21 heavy (non-hydrogen) atoms. The molecule has 1 aromatic carbocycles. The second-order valence-electron chi connectivity index (χ2n) is 5.54. The lowest BCUT2D eigenvalue weighted by Crippen LogP contribution is -2.40. The quantitative estimate of drug-likeness (QED) is 0.903. The van der Waals surface area contributed by atoms with Crippen molar-refractivity contribution in [3.63, 3.8) is 0 Å². The van der Waals surface area contributed by atoms with E-state index >= 15 is 0 Å². The number of benzene rings is 1. The average molecular weight is 292 g/mol. The van der Waals surface area contributed by atoms with Gasteiger partial charge >= 0.3 is 0 Å². The van der Waals surface area contributed by atoms with Crippen molar-refractivity contribution in [1.29, 1.82) is 0 Å². The van der Waals surface area contributed by atoms with Crippen molar-refractivity contribution in [2.45, 2.75) is 26.7 Å². The number of carbonyl (C=O) groups is 2. The van der Waals surface area contributed by atoms with Crippen LogP contribution in [0.2, 0.25) is 0 Å². The van der Waals surface area contributed by atoms with Gasteiger partial charge in [0.05, 0.1) is 12.1 Å². The molecule has 0 fully saturated rings. The van der Waals surface area contributed by atoms with Gasteiger partial charge in [0.25, 0.3) is 5.91 Å². The number of nitrogens with zero attached hydrogens (tertiary/aromatic N) is 2. The molecule has 0 aliphatic carbocycles. The van der Waals surface area contributed by atoms with Crippen LogP contribution >= 0.6 is 0 Å². The number of rotatable bonds is 5. The molecular formula is C16H24N2O3. The summed E-state index contributed by atoms with van der Waals surface area (Å²) in [5, 5.41) is 9.93. The number of aromatic hydroxyl groups is 1. The first-order valence-corrected chi connectivity index (χ1v) is 7.10. The molecule has 0 unspecified atom stereocenters. The summed E-state index contributed by atoms with van der Waals surface area (Å²) in [6.45, 7) is 6.27. The molecule has 0 saturated carbocycles. The Kier molecular flexibility index (Phi) is 5.76. The van der Waals surface area contributed by atoms with Crippen LogP contribution in [0.15, 0.2) is 18.2 Å². The summed E-state index contributed by atoms with van der Waals surface area (Å²) in [6.07, 6.45) is 0. The number of hydrogen-bond acceptors (Lipinski definition) is 3. The van der Waals surface area contributed by atoms with Gasteiger partial charge in [0.15, 0.2) is 0 Å². The lowest BCUT2D eigenvalue weighted by atomic mass is 9.99. The van der Waals surface area contributed by atoms with Crippen molar-refractivity contribution in [2.24, 2.45) is 0 Å². The molecule has 1 N–H and O–H groups in total. The summed E-state index contributed by atoms with van der Waals surface area (Å²) in [5.74, 6) is -0.270. The molecule has 0 aromatic heterocycles. The largest absolute Gasteiger partial charge is 0.507 e. The third kappa shape index (κ3) is 4.21. The number of hydrogen-bond donors (Lipinski definition) is 1. The lowest BCUT2D eigenvalue weighted by Gasteiger charge is -2.23. The highest BCUT2D eigenvalue weighted by Gasteiger charge is 2.21. The monoisotopic (exact) mass is 292 g/mol. The van der Waals surface area contributed by atoms with Crippen molar-refractivity contribution in [3.05, 3.63) is 29.3 Å². The molecule has 1 aromatic rings. The third-order valence-corrected chi connectivity index (χ3v) is 3.41. The fourth-order valence-electron chi connectivity index (χ4n) is 1.89. The summed E-state index contributed by atoms with van der Waals surface area (Å²) in [6, 6.07) is 5.04. The molecule has 0 radical (unpaired) electrons. The Bertz CT molecular complexity index is 524. The summed E-state index contributed by atoms with van der Waals surface area (Å²) in [4.78, 5) is 27.2. The van der Waals surface area contributed by atoms with Crippen LogP contribution in [0, 0.1) is 0 Å². The number of amides is 2. The van der Waals surface area contributed by atoms with Crippen molar-refractivity contribution in [2.75, 3.05) is 27.2 Å². The van der Waals surface area contributed by atoms with Crippen LogP contribution in [0.3, 0.4) is 0 Å². The van der Waals surface area contributed by atoms with E-state index in [0.29, 0.717) is 6.54 Å². The van der Waals surface area contributed by atoms with Gasteiger partial charge in [0.2, 0.25) is 5.91 Å². The minimum absolute atomic E-state index is 0.00762. The molecule has 116 valence electrons. The van der Waals surface area contributed by atoms with Gasteiger partial charge < -0.3 is 14.9 Å². The average Bonchev–Trinajstić information content (AvgIpc) is 2.43. The summed E-state index contributed by atoms with van der Waals surface area (Å²) < 4.78 is 0. The molecule has 0 aliphatic rings. The minimum Gasteiger partial charge on any atom is -0.507 e. The van der Waals surface area contributed by atoms with E-state index in [0.717, 1.165) is 5.56 Å². The van der Waals surface area contributed by atoms with Gasteiger partial charge in [-0.15, -0.1) is 0 Å². The lowest BCUT2D eigenvalue weighted by molar-refractivity contribution is -0.129. The van der Waals surface area contributed by atoms with E-state index in [4.69, 9.17) is 0 Å². The Balaban J connectivity index is 3.04. The maximum absolute atomic E-state index is 12.5. The molecule has 0 bridgehead atoms. The molecule has 2 amide bonds. The zero-order valence-electron chi connectivity index (χ0n) is 13.4. The predicted molar refractivity (Wildman–Crippen MR) is 82.5 cm³/mol. The SMILES string of the molecule is CCN(CC(=O)N(C)C)C(=O)c1cc(C(C)C)ccc1O. The van der Waals surface area contributed by atoms with E-state index in [1.54, 1.807) is 26.2 Å². The van der Waals surface area contributed by atoms with E-state index in [9.17, 15) is 14.7 Å². The van der Waals surface area contributed by atoms with E-state index < -0.39 is 0 Å². The van der Waals surface area contributed by atoms with Crippen LogP contribution in [0.5, 0.6) is 5.75 Å². The molecule has 1 rings (SSSR count). The van der Waals surface area contributed by atoms with Gasteiger partial charge in [0.1, 0.15) is 5.75 Å². The van der Waals surface area contributed by atoms with Crippen LogP contribution in [-0.4, -0.2) is 53.9 Å². The highest BCUT2D eigenvalue weighted by Crippen LogP contribution is 2.24. The van der Waals surface area contributed by atoms with Gasteiger partial charge in [-0.2, -0.15) is 0 Å². The molecule has 0 heterocycles. The van der Waals surface area contributed by atoms with Crippen LogP contribution in [0.25, 0.3) is 0 Å². The first kappa shape index (κ1) is 17.0. The number of phenolic OH excluding ortho intramolecular Hbond substituents is 1. The molecule has 0 aliphatic heterocycles. The van der Waals surface area contributed by atoms with Gasteiger partial charge in [0, 0.05) is 20.6 Å².